The molecule has 0 radical (unpaired) electrons. The summed E-state index contributed by atoms with van der Waals surface area (Å²) in [6.07, 6.45) is -0.526. The monoisotopic (exact) mass is 408 g/mol. The molecule has 3 aromatic rings. The lowest BCUT2D eigenvalue weighted by Crippen LogP contribution is -2.29. The summed E-state index contributed by atoms with van der Waals surface area (Å²) in [5.74, 6) is 0.176. The Kier molecular flexibility index (Phi) is 7.00. The largest absolute Gasteiger partial charge is 0.484 e. The number of anilines is 1. The maximum absolute atomic E-state index is 13.6. The molecule has 7 heteroatoms. The van der Waals surface area contributed by atoms with E-state index in [9.17, 15) is 14.0 Å². The van der Waals surface area contributed by atoms with Crippen molar-refractivity contribution >= 4 is 17.7 Å². The molecule has 0 heterocycles. The lowest BCUT2D eigenvalue weighted by molar-refractivity contribution is -0.123. The first-order valence-electron chi connectivity index (χ1n) is 9.26. The van der Waals surface area contributed by atoms with Gasteiger partial charge in [0.2, 0.25) is 0 Å². The minimum atomic E-state index is -0.526. The Hall–Kier alpha value is -3.87. The molecule has 30 heavy (non-hydrogen) atoms. The molecule has 2 amide bonds. The smallest absolute Gasteiger partial charge is 0.419 e. The summed E-state index contributed by atoms with van der Waals surface area (Å²) < 4.78 is 24.3. The zero-order chi connectivity index (χ0) is 21.3. The van der Waals surface area contributed by atoms with Gasteiger partial charge in [0.25, 0.3) is 5.91 Å². The van der Waals surface area contributed by atoms with Crippen molar-refractivity contribution in [1.29, 1.82) is 0 Å². The van der Waals surface area contributed by atoms with Crippen LogP contribution in [0, 0.1) is 5.82 Å². The van der Waals surface area contributed by atoms with Gasteiger partial charge >= 0.3 is 6.09 Å². The molecular weight excluding hydrogens is 387 g/mol. The molecule has 3 rings (SSSR count). The predicted molar refractivity (Wildman–Crippen MR) is 111 cm³/mol. The summed E-state index contributed by atoms with van der Waals surface area (Å²) in [7, 11) is 1.59. The van der Waals surface area contributed by atoms with Crippen molar-refractivity contribution in [2.45, 2.75) is 6.54 Å². The van der Waals surface area contributed by atoms with Gasteiger partial charge in [0.1, 0.15) is 17.3 Å². The third-order valence-electron chi connectivity index (χ3n) is 4.25. The van der Waals surface area contributed by atoms with Crippen LogP contribution in [0.25, 0.3) is 0 Å². The molecule has 0 bridgehead atoms. The number of ether oxygens (including phenoxy) is 2. The topological polar surface area (TPSA) is 67.9 Å². The van der Waals surface area contributed by atoms with E-state index in [1.807, 2.05) is 6.07 Å². The molecule has 6 nitrogen and oxygen atoms in total. The first kappa shape index (κ1) is 20.9. The maximum Gasteiger partial charge on any atom is 0.419 e. The molecule has 0 fully saturated rings. The summed E-state index contributed by atoms with van der Waals surface area (Å²) in [5, 5.41) is 2.60. The fraction of sp³-hybridized carbons (Fsp3) is 0.130. The molecule has 0 saturated heterocycles. The number of hydrogen-bond donors (Lipinski definition) is 1. The maximum atomic E-state index is 13.6. The van der Waals surface area contributed by atoms with Crippen LogP contribution in [0.15, 0.2) is 78.9 Å². The highest BCUT2D eigenvalue weighted by Crippen LogP contribution is 2.20. The van der Waals surface area contributed by atoms with Gasteiger partial charge < -0.3 is 14.8 Å². The van der Waals surface area contributed by atoms with Crippen molar-refractivity contribution < 1.29 is 23.5 Å². The standard InChI is InChI=1S/C23H21FN2O4/c1-26(23(28)30-20-8-3-2-4-9-20)18-11-13-19(14-12-18)29-16-22(27)25-15-17-7-5-6-10-21(17)24/h2-14H,15-16H2,1H3,(H,25,27). The van der Waals surface area contributed by atoms with E-state index in [2.05, 4.69) is 5.32 Å². The minimum Gasteiger partial charge on any atom is -0.484 e. The zero-order valence-electron chi connectivity index (χ0n) is 16.4. The van der Waals surface area contributed by atoms with Crippen LogP contribution in [0.4, 0.5) is 14.9 Å². The molecule has 154 valence electrons. The van der Waals surface area contributed by atoms with Gasteiger partial charge in [-0.2, -0.15) is 0 Å². The Morgan fingerprint density at radius 3 is 2.27 bits per heavy atom. The molecule has 0 unspecified atom stereocenters. The third kappa shape index (κ3) is 5.81. The molecule has 0 aliphatic heterocycles. The summed E-state index contributed by atoms with van der Waals surface area (Å²) in [5.41, 5.74) is 1.01. The van der Waals surface area contributed by atoms with Gasteiger partial charge in [-0.3, -0.25) is 9.69 Å². The van der Waals surface area contributed by atoms with Crippen LogP contribution >= 0.6 is 0 Å². The second-order valence-corrected chi connectivity index (χ2v) is 6.39. The number of carbonyl (C=O) groups is 2. The molecule has 0 aromatic heterocycles. The molecule has 0 atom stereocenters. The van der Waals surface area contributed by atoms with Gasteiger partial charge in [-0.15, -0.1) is 0 Å². The number of halogens is 1. The van der Waals surface area contributed by atoms with Crippen molar-refractivity contribution in [1.82, 2.24) is 5.32 Å². The van der Waals surface area contributed by atoms with Crippen LogP contribution in [0.5, 0.6) is 11.5 Å². The number of nitrogens with one attached hydrogen (secondary N) is 1. The normalized spacial score (nSPS) is 10.2. The highest BCUT2D eigenvalue weighted by Gasteiger charge is 2.13. The summed E-state index contributed by atoms with van der Waals surface area (Å²) in [6.45, 7) is -0.123. The molecule has 3 aromatic carbocycles. The molecule has 0 saturated carbocycles. The Labute approximate surface area is 173 Å². The van der Waals surface area contributed by atoms with Gasteiger partial charge in [0, 0.05) is 24.8 Å². The third-order valence-corrected chi connectivity index (χ3v) is 4.25. The molecule has 0 aliphatic rings. The van der Waals surface area contributed by atoms with Crippen LogP contribution in [0.2, 0.25) is 0 Å². The lowest BCUT2D eigenvalue weighted by Gasteiger charge is -2.17. The van der Waals surface area contributed by atoms with Crippen LogP contribution in [-0.2, 0) is 11.3 Å². The van der Waals surface area contributed by atoms with E-state index in [0.29, 0.717) is 22.7 Å². The highest BCUT2D eigenvalue weighted by molar-refractivity contribution is 5.88. The van der Waals surface area contributed by atoms with Crippen molar-refractivity contribution in [3.05, 3.63) is 90.2 Å². The quantitative estimate of drug-likeness (QED) is 0.638. The number of carbonyl (C=O) groups excluding carboxylic acids is 2. The molecular formula is C23H21FN2O4. The van der Waals surface area contributed by atoms with Gasteiger partial charge in [-0.05, 0) is 42.5 Å². The van der Waals surface area contributed by atoms with Gasteiger partial charge in [-0.1, -0.05) is 36.4 Å². The first-order chi connectivity index (χ1) is 14.5. The van der Waals surface area contributed by atoms with Gasteiger partial charge in [-0.25, -0.2) is 9.18 Å². The fourth-order valence-corrected chi connectivity index (χ4v) is 2.56. The number of nitrogens with zero attached hydrogens (tertiary/aromatic N) is 1. The van der Waals surface area contributed by atoms with Crippen molar-refractivity contribution in [2.24, 2.45) is 0 Å². The van der Waals surface area contributed by atoms with Crippen LogP contribution in [-0.4, -0.2) is 25.7 Å². The van der Waals surface area contributed by atoms with Crippen molar-refractivity contribution in [3.8, 4) is 11.5 Å². The van der Waals surface area contributed by atoms with E-state index in [1.165, 1.54) is 11.0 Å². The average Bonchev–Trinajstić information content (AvgIpc) is 2.77. The Morgan fingerprint density at radius 2 is 1.57 bits per heavy atom. The SMILES string of the molecule is CN(C(=O)Oc1ccccc1)c1ccc(OCC(=O)NCc2ccccc2F)cc1. The average molecular weight is 408 g/mol. The zero-order valence-corrected chi connectivity index (χ0v) is 16.4. The first-order valence-corrected chi connectivity index (χ1v) is 9.26. The number of hydrogen-bond acceptors (Lipinski definition) is 4. The van der Waals surface area contributed by atoms with E-state index < -0.39 is 6.09 Å². The predicted octanol–water partition coefficient (Wildman–Crippen LogP) is 4.16. The van der Waals surface area contributed by atoms with E-state index >= 15 is 0 Å². The Bertz CT molecular complexity index is 994. The van der Waals surface area contributed by atoms with Gasteiger partial charge in [0.05, 0.1) is 0 Å². The lowest BCUT2D eigenvalue weighted by atomic mass is 10.2. The summed E-state index contributed by atoms with van der Waals surface area (Å²) in [6, 6.07) is 21.7. The van der Waals surface area contributed by atoms with E-state index in [1.54, 1.807) is 73.8 Å². The van der Waals surface area contributed by atoms with E-state index in [-0.39, 0.29) is 24.9 Å². The number of rotatable bonds is 7. The van der Waals surface area contributed by atoms with E-state index in [0.717, 1.165) is 0 Å². The summed E-state index contributed by atoms with van der Waals surface area (Å²) in [4.78, 5) is 25.5. The second-order valence-electron chi connectivity index (χ2n) is 6.39. The Balaban J connectivity index is 1.47. The minimum absolute atomic E-state index is 0.0854. The Morgan fingerprint density at radius 1 is 0.900 bits per heavy atom. The number of para-hydroxylation sites is 1. The van der Waals surface area contributed by atoms with E-state index in [4.69, 9.17) is 9.47 Å². The van der Waals surface area contributed by atoms with Crippen LogP contribution in [0.3, 0.4) is 0 Å². The van der Waals surface area contributed by atoms with Crippen molar-refractivity contribution in [3.63, 3.8) is 0 Å². The molecule has 0 aliphatic carbocycles. The number of amides is 2. The van der Waals surface area contributed by atoms with Gasteiger partial charge in [0.15, 0.2) is 6.61 Å². The number of benzene rings is 3. The molecule has 0 spiro atoms. The van der Waals surface area contributed by atoms with Crippen LogP contribution in [0.1, 0.15) is 5.56 Å². The summed E-state index contributed by atoms with van der Waals surface area (Å²) >= 11 is 0. The highest BCUT2D eigenvalue weighted by atomic mass is 19.1. The molecule has 1 N–H and O–H groups in total. The fourth-order valence-electron chi connectivity index (χ4n) is 2.56. The second kappa shape index (κ2) is 10.1. The van der Waals surface area contributed by atoms with Crippen LogP contribution < -0.4 is 19.7 Å². The van der Waals surface area contributed by atoms with Crippen molar-refractivity contribution in [2.75, 3.05) is 18.6 Å².